The number of hydrogen-bond acceptors (Lipinski definition) is 6. The van der Waals surface area contributed by atoms with Gasteiger partial charge in [-0.2, -0.15) is 0 Å². The number of carbonyl (C=O) groups is 4. The highest BCUT2D eigenvalue weighted by Crippen LogP contribution is 2.44. The highest BCUT2D eigenvalue weighted by atomic mass is 16.5. The van der Waals surface area contributed by atoms with Crippen molar-refractivity contribution in [1.29, 1.82) is 0 Å². The van der Waals surface area contributed by atoms with Crippen LogP contribution in [-0.2, 0) is 15.1 Å². The maximum absolute atomic E-state index is 14.1. The zero-order valence-corrected chi connectivity index (χ0v) is 23.7. The summed E-state index contributed by atoms with van der Waals surface area (Å²) >= 11 is 0. The second-order valence-corrected chi connectivity index (χ2v) is 10.7. The maximum atomic E-state index is 14.1. The van der Waals surface area contributed by atoms with E-state index in [4.69, 9.17) is 10.5 Å². The van der Waals surface area contributed by atoms with Gasteiger partial charge in [-0.3, -0.25) is 19.2 Å². The number of nitrogens with one attached hydrogen (secondary N) is 1. The summed E-state index contributed by atoms with van der Waals surface area (Å²) in [6.45, 7) is 8.18. The van der Waals surface area contributed by atoms with Crippen LogP contribution >= 0.6 is 0 Å². The Labute approximate surface area is 231 Å². The molecule has 0 spiro atoms. The van der Waals surface area contributed by atoms with E-state index < -0.39 is 29.0 Å². The van der Waals surface area contributed by atoms with Gasteiger partial charge in [0.1, 0.15) is 5.75 Å². The average Bonchev–Trinajstić information content (AvgIpc) is 3.12. The third kappa shape index (κ3) is 6.57. The van der Waals surface area contributed by atoms with Crippen molar-refractivity contribution in [1.82, 2.24) is 5.32 Å². The van der Waals surface area contributed by atoms with Crippen molar-refractivity contribution < 1.29 is 23.9 Å². The Kier molecular flexibility index (Phi) is 10.4. The minimum atomic E-state index is -2.06. The van der Waals surface area contributed by atoms with E-state index in [0.717, 1.165) is 44.1 Å². The number of ketones is 2. The highest BCUT2D eigenvalue weighted by molar-refractivity contribution is 6.35. The summed E-state index contributed by atoms with van der Waals surface area (Å²) in [5.74, 6) is -1.82. The third-order valence-electron chi connectivity index (χ3n) is 7.37. The number of hydrogen-bond donors (Lipinski definition) is 2. The molecule has 1 aliphatic carbocycles. The first kappa shape index (κ1) is 30.1. The van der Waals surface area contributed by atoms with Crippen molar-refractivity contribution in [3.05, 3.63) is 58.7 Å². The summed E-state index contributed by atoms with van der Waals surface area (Å²) in [5.41, 5.74) is 5.52. The van der Waals surface area contributed by atoms with E-state index in [-0.39, 0.29) is 46.9 Å². The molecule has 7 heteroatoms. The quantitative estimate of drug-likeness (QED) is 0.0924. The van der Waals surface area contributed by atoms with Gasteiger partial charge in [-0.15, -0.1) is 0 Å². The van der Waals surface area contributed by atoms with Crippen LogP contribution in [0.25, 0.3) is 0 Å². The topological polar surface area (TPSA) is 116 Å². The van der Waals surface area contributed by atoms with Gasteiger partial charge in [0.25, 0.3) is 0 Å². The molecule has 7 nitrogen and oxygen atoms in total. The molecule has 0 aliphatic heterocycles. The number of benzene rings is 2. The summed E-state index contributed by atoms with van der Waals surface area (Å²) in [6, 6.07) is 9.85. The van der Waals surface area contributed by atoms with E-state index in [1.54, 1.807) is 36.4 Å². The van der Waals surface area contributed by atoms with Crippen molar-refractivity contribution >= 4 is 29.1 Å². The molecule has 1 atom stereocenters. The van der Waals surface area contributed by atoms with Crippen LogP contribution in [0.4, 0.5) is 5.69 Å². The van der Waals surface area contributed by atoms with Gasteiger partial charge in [0.2, 0.25) is 17.5 Å². The summed E-state index contributed by atoms with van der Waals surface area (Å²) < 4.78 is 5.85. The number of nitrogens with two attached hydrogens (primary N) is 1. The first-order valence-electron chi connectivity index (χ1n) is 14.3. The fraction of sp³-hybridized carbons (Fsp3) is 0.500. The zero-order valence-electron chi connectivity index (χ0n) is 23.7. The lowest BCUT2D eigenvalue weighted by atomic mass is 9.82. The van der Waals surface area contributed by atoms with Gasteiger partial charge < -0.3 is 15.8 Å². The standard InChI is InChI=1S/C32H42N2O5/c1-5-7-9-11-16-27(35)34-32(30(37)23-14-13-15-25(33)29(23)31(32)38)24-19-18-22(21(3)4)20-26(24)39-28(36)17-12-10-8-6-2/h13-15,18-21H,5-12,16-17,33H2,1-4H3,(H,34,35). The molecule has 0 aromatic heterocycles. The molecule has 2 aromatic rings. The Morgan fingerprint density at radius 2 is 1.56 bits per heavy atom. The Hall–Kier alpha value is -3.48. The average molecular weight is 535 g/mol. The van der Waals surface area contributed by atoms with Gasteiger partial charge in [0.05, 0.1) is 5.56 Å². The number of anilines is 1. The number of Topliss-reactive ketones (excluding diaryl/α,β-unsaturated/α-hetero) is 2. The van der Waals surface area contributed by atoms with Crippen LogP contribution in [0, 0.1) is 0 Å². The lowest BCUT2D eigenvalue weighted by molar-refractivity contribution is -0.134. The van der Waals surface area contributed by atoms with Gasteiger partial charge in [-0.1, -0.05) is 90.5 Å². The molecule has 1 aliphatic rings. The van der Waals surface area contributed by atoms with E-state index in [9.17, 15) is 19.2 Å². The number of fused-ring (bicyclic) bond motifs is 1. The number of nitrogen functional groups attached to an aromatic ring is 1. The van der Waals surface area contributed by atoms with Crippen molar-refractivity contribution in [2.75, 3.05) is 5.73 Å². The zero-order chi connectivity index (χ0) is 28.6. The van der Waals surface area contributed by atoms with E-state index in [2.05, 4.69) is 19.2 Å². The van der Waals surface area contributed by atoms with Gasteiger partial charge in [0.15, 0.2) is 5.54 Å². The molecule has 3 rings (SSSR count). The lowest BCUT2D eigenvalue weighted by Crippen LogP contribution is -2.54. The van der Waals surface area contributed by atoms with Crippen LogP contribution in [0.5, 0.6) is 5.75 Å². The van der Waals surface area contributed by atoms with E-state index in [1.807, 2.05) is 13.8 Å². The van der Waals surface area contributed by atoms with Crippen molar-refractivity contribution in [2.45, 2.75) is 103 Å². The van der Waals surface area contributed by atoms with E-state index in [0.29, 0.717) is 12.8 Å². The molecule has 0 fully saturated rings. The van der Waals surface area contributed by atoms with Gasteiger partial charge in [-0.25, -0.2) is 0 Å². The first-order valence-corrected chi connectivity index (χ1v) is 14.3. The molecule has 1 unspecified atom stereocenters. The van der Waals surface area contributed by atoms with Crippen molar-refractivity contribution in [2.24, 2.45) is 0 Å². The van der Waals surface area contributed by atoms with Gasteiger partial charge >= 0.3 is 5.97 Å². The minimum absolute atomic E-state index is 0.0820. The van der Waals surface area contributed by atoms with Gasteiger partial charge in [-0.05, 0) is 36.5 Å². The Bertz CT molecular complexity index is 1220. The van der Waals surface area contributed by atoms with Crippen molar-refractivity contribution in [3.63, 3.8) is 0 Å². The summed E-state index contributed by atoms with van der Waals surface area (Å²) in [6.07, 6.45) is 7.58. The molecular weight excluding hydrogens is 492 g/mol. The lowest BCUT2D eigenvalue weighted by Gasteiger charge is -2.30. The Morgan fingerprint density at radius 1 is 0.897 bits per heavy atom. The summed E-state index contributed by atoms with van der Waals surface area (Å²) in [7, 11) is 0. The number of ether oxygens (including phenoxy) is 1. The van der Waals surface area contributed by atoms with Crippen LogP contribution in [-0.4, -0.2) is 23.4 Å². The Morgan fingerprint density at radius 3 is 2.18 bits per heavy atom. The fourth-order valence-electron chi connectivity index (χ4n) is 5.08. The van der Waals surface area contributed by atoms with Gasteiger partial charge in [0, 0.05) is 29.7 Å². The van der Waals surface area contributed by atoms with Crippen LogP contribution < -0.4 is 15.8 Å². The van der Waals surface area contributed by atoms with Crippen LogP contribution in [0.2, 0.25) is 0 Å². The third-order valence-corrected chi connectivity index (χ3v) is 7.37. The molecule has 2 aromatic carbocycles. The molecule has 0 bridgehead atoms. The summed E-state index contributed by atoms with van der Waals surface area (Å²) in [4.78, 5) is 54.3. The Balaban J connectivity index is 2.09. The SMILES string of the molecule is CCCCCCC(=O)NC1(c2ccc(C(C)C)cc2OC(=O)CCCCCC)C(=O)c2cccc(N)c2C1=O. The monoisotopic (exact) mass is 534 g/mol. The molecule has 1 amide bonds. The van der Waals surface area contributed by atoms with Crippen LogP contribution in [0.1, 0.15) is 130 Å². The smallest absolute Gasteiger partial charge is 0.311 e. The maximum Gasteiger partial charge on any atom is 0.311 e. The number of amides is 1. The first-order chi connectivity index (χ1) is 18.7. The predicted molar refractivity (Wildman–Crippen MR) is 153 cm³/mol. The number of carbonyl (C=O) groups excluding carboxylic acids is 4. The summed E-state index contributed by atoms with van der Waals surface area (Å²) in [5, 5.41) is 2.80. The second-order valence-electron chi connectivity index (χ2n) is 10.7. The van der Waals surface area contributed by atoms with E-state index in [1.165, 1.54) is 0 Å². The molecule has 210 valence electrons. The normalized spacial score (nSPS) is 16.4. The predicted octanol–water partition coefficient (Wildman–Crippen LogP) is 6.63. The van der Waals surface area contributed by atoms with Crippen molar-refractivity contribution in [3.8, 4) is 5.75 Å². The number of rotatable bonds is 14. The molecule has 0 saturated heterocycles. The fourth-order valence-corrected chi connectivity index (χ4v) is 5.08. The van der Waals surface area contributed by atoms with E-state index >= 15 is 0 Å². The molecule has 0 radical (unpaired) electrons. The second kappa shape index (κ2) is 13.5. The molecular formula is C32H42N2O5. The molecule has 39 heavy (non-hydrogen) atoms. The molecule has 0 saturated carbocycles. The highest BCUT2D eigenvalue weighted by Gasteiger charge is 2.57. The minimum Gasteiger partial charge on any atom is -0.426 e. The number of esters is 1. The van der Waals surface area contributed by atoms with Crippen LogP contribution in [0.15, 0.2) is 36.4 Å². The largest absolute Gasteiger partial charge is 0.426 e. The number of unbranched alkanes of at least 4 members (excludes halogenated alkanes) is 6. The molecule has 0 heterocycles. The van der Waals surface area contributed by atoms with Crippen LogP contribution in [0.3, 0.4) is 0 Å². The molecule has 3 N–H and O–H groups in total.